The summed E-state index contributed by atoms with van der Waals surface area (Å²) in [5.74, 6) is 0.556. The average molecular weight is 531 g/mol. The summed E-state index contributed by atoms with van der Waals surface area (Å²) < 4.78 is 6.08. The summed E-state index contributed by atoms with van der Waals surface area (Å²) in [7, 11) is 3.61. The van der Waals surface area contributed by atoms with E-state index in [2.05, 4.69) is 73.6 Å². The summed E-state index contributed by atoms with van der Waals surface area (Å²) in [5.41, 5.74) is 4.02. The molecule has 3 aromatic rings. The molecule has 2 N–H and O–H groups in total. The molecule has 0 bridgehead atoms. The molecule has 2 heterocycles. The Morgan fingerprint density at radius 3 is 2.82 bits per heavy atom. The first-order valence-electron chi connectivity index (χ1n) is 10.6. The van der Waals surface area contributed by atoms with Crippen LogP contribution in [0.2, 0.25) is 5.02 Å². The molecule has 7 nitrogen and oxygen atoms in total. The molecule has 9 heteroatoms. The lowest BCUT2D eigenvalue weighted by molar-refractivity contribution is 0.102. The Kier molecular flexibility index (Phi) is 7.17. The standard InChI is InChI=1S/C24H25BrClN5O2/c1-14-7-8-16(15-9-10-31(2)13-15)20(11-14)28-24-27-12-17(23(30-24)33-3)22(32)29-21-18(25)5-4-6-19(21)26/h4-8,11-12,15H,9-10,13H2,1-3H3,(H,29,32)(H,27,28,30)/t15-/m1/s1. The molecule has 0 aliphatic carbocycles. The molecule has 1 aliphatic heterocycles. The summed E-state index contributed by atoms with van der Waals surface area (Å²) in [6.07, 6.45) is 2.56. The van der Waals surface area contributed by atoms with Crippen LogP contribution < -0.4 is 15.4 Å². The number of halogens is 2. The number of carbonyl (C=O) groups excluding carboxylic acids is 1. The Balaban J connectivity index is 1.59. The van der Waals surface area contributed by atoms with Crippen molar-refractivity contribution in [3.8, 4) is 5.88 Å². The lowest BCUT2D eigenvalue weighted by Gasteiger charge is -2.18. The summed E-state index contributed by atoms with van der Waals surface area (Å²) in [4.78, 5) is 24.1. The van der Waals surface area contributed by atoms with Gasteiger partial charge in [-0.2, -0.15) is 4.98 Å². The third-order valence-corrected chi connectivity index (χ3v) is 6.66. The maximum Gasteiger partial charge on any atom is 0.262 e. The van der Waals surface area contributed by atoms with Crippen molar-refractivity contribution in [1.82, 2.24) is 14.9 Å². The molecule has 0 spiro atoms. The van der Waals surface area contributed by atoms with Gasteiger partial charge in [-0.25, -0.2) is 4.98 Å². The molecule has 1 aliphatic rings. The highest BCUT2D eigenvalue weighted by Gasteiger charge is 2.24. The zero-order valence-electron chi connectivity index (χ0n) is 18.7. The van der Waals surface area contributed by atoms with E-state index >= 15 is 0 Å². The van der Waals surface area contributed by atoms with E-state index in [0.29, 0.717) is 27.0 Å². The number of methoxy groups -OCH3 is 1. The predicted octanol–water partition coefficient (Wildman–Crippen LogP) is 5.62. The lowest BCUT2D eigenvalue weighted by Crippen LogP contribution is -2.16. The van der Waals surface area contributed by atoms with E-state index < -0.39 is 5.91 Å². The summed E-state index contributed by atoms with van der Waals surface area (Å²) >= 11 is 9.62. The van der Waals surface area contributed by atoms with Crippen LogP contribution in [0.1, 0.15) is 33.8 Å². The number of nitrogens with zero attached hydrogens (tertiary/aromatic N) is 3. The molecule has 0 unspecified atom stereocenters. The van der Waals surface area contributed by atoms with Gasteiger partial charge in [0.05, 0.1) is 17.8 Å². The second kappa shape index (κ2) is 10.1. The lowest BCUT2D eigenvalue weighted by atomic mass is 9.95. The molecule has 1 amide bonds. The first-order chi connectivity index (χ1) is 15.9. The predicted molar refractivity (Wildman–Crippen MR) is 135 cm³/mol. The highest BCUT2D eigenvalue weighted by atomic mass is 79.9. The van der Waals surface area contributed by atoms with E-state index in [1.165, 1.54) is 18.9 Å². The number of anilines is 3. The fraction of sp³-hybridized carbons (Fsp3) is 0.292. The van der Waals surface area contributed by atoms with Crippen LogP contribution in [0.25, 0.3) is 0 Å². The highest BCUT2D eigenvalue weighted by Crippen LogP contribution is 2.34. The molecular weight excluding hydrogens is 506 g/mol. The zero-order valence-corrected chi connectivity index (χ0v) is 21.0. The number of likely N-dealkylation sites (tertiary alicyclic amines) is 1. The van der Waals surface area contributed by atoms with Crippen molar-refractivity contribution in [3.63, 3.8) is 0 Å². The van der Waals surface area contributed by atoms with Crippen molar-refractivity contribution in [1.29, 1.82) is 0 Å². The van der Waals surface area contributed by atoms with Crippen molar-refractivity contribution < 1.29 is 9.53 Å². The smallest absolute Gasteiger partial charge is 0.262 e. The Bertz CT molecular complexity index is 1170. The SMILES string of the molecule is COc1nc(Nc2cc(C)ccc2[C@@H]2CCN(C)C2)ncc1C(=O)Nc1c(Cl)cccc1Br. The Labute approximate surface area is 206 Å². The minimum absolute atomic E-state index is 0.169. The quantitative estimate of drug-likeness (QED) is 0.430. The van der Waals surface area contributed by atoms with Crippen LogP contribution in [0.4, 0.5) is 17.3 Å². The van der Waals surface area contributed by atoms with Crippen LogP contribution in [-0.4, -0.2) is 48.0 Å². The minimum atomic E-state index is -0.419. The maximum absolute atomic E-state index is 12.9. The highest BCUT2D eigenvalue weighted by molar-refractivity contribution is 9.10. The summed E-state index contributed by atoms with van der Waals surface area (Å²) in [5, 5.41) is 6.54. The normalized spacial score (nSPS) is 16.0. The van der Waals surface area contributed by atoms with Crippen LogP contribution in [0.5, 0.6) is 5.88 Å². The van der Waals surface area contributed by atoms with Crippen LogP contribution in [-0.2, 0) is 0 Å². The van der Waals surface area contributed by atoms with Crippen molar-refractivity contribution in [2.45, 2.75) is 19.3 Å². The van der Waals surface area contributed by atoms with E-state index in [9.17, 15) is 4.79 Å². The number of aryl methyl sites for hydroxylation is 1. The number of amides is 1. The van der Waals surface area contributed by atoms with Crippen LogP contribution >= 0.6 is 27.5 Å². The molecule has 1 aromatic heterocycles. The Hall–Kier alpha value is -2.68. The van der Waals surface area contributed by atoms with Gasteiger partial charge in [-0.05, 0) is 78.1 Å². The van der Waals surface area contributed by atoms with Gasteiger partial charge >= 0.3 is 0 Å². The van der Waals surface area contributed by atoms with E-state index in [4.69, 9.17) is 16.3 Å². The van der Waals surface area contributed by atoms with Gasteiger partial charge in [-0.3, -0.25) is 4.79 Å². The number of aromatic nitrogens is 2. The number of ether oxygens (including phenoxy) is 1. The van der Waals surface area contributed by atoms with Crippen LogP contribution in [0.3, 0.4) is 0 Å². The second-order valence-corrected chi connectivity index (χ2v) is 9.39. The van der Waals surface area contributed by atoms with Gasteiger partial charge in [0.2, 0.25) is 11.8 Å². The van der Waals surface area contributed by atoms with Gasteiger partial charge in [-0.15, -0.1) is 0 Å². The number of hydrogen-bond acceptors (Lipinski definition) is 6. The molecule has 1 fully saturated rings. The minimum Gasteiger partial charge on any atom is -0.480 e. The fourth-order valence-electron chi connectivity index (χ4n) is 3.98. The van der Waals surface area contributed by atoms with Crippen molar-refractivity contribution in [2.24, 2.45) is 0 Å². The van der Waals surface area contributed by atoms with E-state index in [-0.39, 0.29) is 11.4 Å². The van der Waals surface area contributed by atoms with E-state index in [1.807, 2.05) is 0 Å². The molecule has 1 saturated heterocycles. The number of benzene rings is 2. The van der Waals surface area contributed by atoms with Gasteiger partial charge in [0, 0.05) is 22.9 Å². The summed E-state index contributed by atoms with van der Waals surface area (Å²) in [6, 6.07) is 11.7. The van der Waals surface area contributed by atoms with Crippen LogP contribution in [0, 0.1) is 6.92 Å². The first-order valence-corrected chi connectivity index (χ1v) is 11.8. The summed E-state index contributed by atoms with van der Waals surface area (Å²) in [6.45, 7) is 4.14. The molecule has 1 atom stereocenters. The molecule has 0 saturated carbocycles. The largest absolute Gasteiger partial charge is 0.480 e. The van der Waals surface area contributed by atoms with Crippen molar-refractivity contribution >= 4 is 50.8 Å². The number of likely N-dealkylation sites (N-methyl/N-ethyl adjacent to an activating group) is 1. The third kappa shape index (κ3) is 5.29. The van der Waals surface area contributed by atoms with Crippen molar-refractivity contribution in [2.75, 3.05) is 37.9 Å². The number of carbonyl (C=O) groups is 1. The maximum atomic E-state index is 12.9. The average Bonchev–Trinajstić information content (AvgIpc) is 3.22. The van der Waals surface area contributed by atoms with E-state index in [1.54, 1.807) is 18.2 Å². The monoisotopic (exact) mass is 529 g/mol. The number of rotatable bonds is 6. The molecule has 172 valence electrons. The molecular formula is C24H25BrClN5O2. The third-order valence-electron chi connectivity index (χ3n) is 5.68. The number of nitrogens with one attached hydrogen (secondary N) is 2. The molecule has 0 radical (unpaired) electrons. The van der Waals surface area contributed by atoms with Crippen molar-refractivity contribution in [3.05, 3.63) is 68.8 Å². The van der Waals surface area contributed by atoms with Gasteiger partial charge in [0.25, 0.3) is 5.91 Å². The number of hydrogen-bond donors (Lipinski definition) is 2. The second-order valence-electron chi connectivity index (χ2n) is 8.13. The topological polar surface area (TPSA) is 79.4 Å². The molecule has 33 heavy (non-hydrogen) atoms. The zero-order chi connectivity index (χ0) is 23.5. The first kappa shape index (κ1) is 23.5. The Morgan fingerprint density at radius 2 is 2.12 bits per heavy atom. The molecule has 4 rings (SSSR count). The Morgan fingerprint density at radius 1 is 1.30 bits per heavy atom. The van der Waals surface area contributed by atoms with Gasteiger partial charge in [-0.1, -0.05) is 29.8 Å². The van der Waals surface area contributed by atoms with Gasteiger partial charge in [0.1, 0.15) is 5.56 Å². The van der Waals surface area contributed by atoms with E-state index in [0.717, 1.165) is 30.8 Å². The fourth-order valence-corrected chi connectivity index (χ4v) is 4.78. The van der Waals surface area contributed by atoms with Gasteiger partial charge < -0.3 is 20.3 Å². The van der Waals surface area contributed by atoms with Gasteiger partial charge in [0.15, 0.2) is 0 Å². The number of para-hydroxylation sites is 1. The van der Waals surface area contributed by atoms with Crippen LogP contribution in [0.15, 0.2) is 47.1 Å². The molecule has 2 aromatic carbocycles.